The Labute approximate surface area is 136 Å². The van der Waals surface area contributed by atoms with E-state index in [0.29, 0.717) is 0 Å². The molecule has 0 fully saturated rings. The van der Waals surface area contributed by atoms with Gasteiger partial charge in [-0.1, -0.05) is 60.1 Å². The van der Waals surface area contributed by atoms with Crippen molar-refractivity contribution in [1.82, 2.24) is 0 Å². The Kier molecular flexibility index (Phi) is 5.74. The quantitative estimate of drug-likeness (QED) is 0.799. The number of hydrogen-bond acceptors (Lipinski definition) is 2. The molecule has 1 atom stereocenters. The van der Waals surface area contributed by atoms with Crippen LogP contribution in [-0.4, -0.2) is 6.04 Å². The van der Waals surface area contributed by atoms with Gasteiger partial charge in [-0.3, -0.25) is 0 Å². The van der Waals surface area contributed by atoms with Crippen LogP contribution >= 0.6 is 23.4 Å². The standard InChI is InChI=1S/C18H22ClNS/c1-4-15(20)11-14-6-5-7-16(19)18(14)21-17-9-8-12(2)10-13(17)3/h5-10,15H,4,11,20H2,1-3H3. The molecule has 21 heavy (non-hydrogen) atoms. The van der Waals surface area contributed by atoms with Gasteiger partial charge >= 0.3 is 0 Å². The van der Waals surface area contributed by atoms with Crippen molar-refractivity contribution < 1.29 is 0 Å². The summed E-state index contributed by atoms with van der Waals surface area (Å²) in [6, 6.07) is 12.8. The molecule has 1 unspecified atom stereocenters. The Balaban J connectivity index is 2.34. The predicted molar refractivity (Wildman–Crippen MR) is 93.5 cm³/mol. The molecule has 0 saturated carbocycles. The summed E-state index contributed by atoms with van der Waals surface area (Å²) in [6.45, 7) is 6.37. The molecule has 2 rings (SSSR count). The van der Waals surface area contributed by atoms with E-state index in [2.05, 4.69) is 45.0 Å². The molecule has 0 aliphatic heterocycles. The maximum absolute atomic E-state index is 6.43. The van der Waals surface area contributed by atoms with E-state index in [1.807, 2.05) is 12.1 Å². The van der Waals surface area contributed by atoms with Crippen molar-refractivity contribution in [2.75, 3.05) is 0 Å². The van der Waals surface area contributed by atoms with Crippen LogP contribution in [0.5, 0.6) is 0 Å². The van der Waals surface area contributed by atoms with E-state index in [0.717, 1.165) is 22.8 Å². The van der Waals surface area contributed by atoms with Crippen LogP contribution in [0.3, 0.4) is 0 Å². The number of benzene rings is 2. The highest BCUT2D eigenvalue weighted by molar-refractivity contribution is 7.99. The molecule has 112 valence electrons. The number of nitrogens with two attached hydrogens (primary N) is 1. The Bertz CT molecular complexity index is 625. The lowest BCUT2D eigenvalue weighted by atomic mass is 10.0. The Morgan fingerprint density at radius 1 is 1.19 bits per heavy atom. The zero-order valence-electron chi connectivity index (χ0n) is 12.8. The van der Waals surface area contributed by atoms with Crippen LogP contribution in [-0.2, 0) is 6.42 Å². The van der Waals surface area contributed by atoms with E-state index in [1.54, 1.807) is 11.8 Å². The van der Waals surface area contributed by atoms with Crippen LogP contribution < -0.4 is 5.73 Å². The molecule has 0 amide bonds. The van der Waals surface area contributed by atoms with E-state index < -0.39 is 0 Å². The molecule has 0 radical (unpaired) electrons. The minimum absolute atomic E-state index is 0.182. The molecular formula is C18H22ClNS. The first kappa shape index (κ1) is 16.4. The van der Waals surface area contributed by atoms with Gasteiger partial charge in [-0.25, -0.2) is 0 Å². The largest absolute Gasteiger partial charge is 0.327 e. The number of aryl methyl sites for hydroxylation is 2. The topological polar surface area (TPSA) is 26.0 Å². The lowest BCUT2D eigenvalue weighted by Gasteiger charge is -2.15. The zero-order valence-corrected chi connectivity index (χ0v) is 14.4. The van der Waals surface area contributed by atoms with E-state index in [4.69, 9.17) is 17.3 Å². The highest BCUT2D eigenvalue weighted by Crippen LogP contribution is 2.38. The predicted octanol–water partition coefficient (Wildman–Crippen LogP) is 5.39. The summed E-state index contributed by atoms with van der Waals surface area (Å²) < 4.78 is 0. The second kappa shape index (κ2) is 7.35. The molecule has 0 aliphatic rings. The van der Waals surface area contributed by atoms with Crippen molar-refractivity contribution in [1.29, 1.82) is 0 Å². The van der Waals surface area contributed by atoms with Crippen LogP contribution in [0, 0.1) is 13.8 Å². The average molecular weight is 320 g/mol. The monoisotopic (exact) mass is 319 g/mol. The Morgan fingerprint density at radius 2 is 1.95 bits per heavy atom. The van der Waals surface area contributed by atoms with Crippen LogP contribution in [0.25, 0.3) is 0 Å². The van der Waals surface area contributed by atoms with Gasteiger partial charge in [0.1, 0.15) is 0 Å². The smallest absolute Gasteiger partial charge is 0.0548 e. The SMILES string of the molecule is CCC(N)Cc1cccc(Cl)c1Sc1ccc(C)cc1C. The minimum Gasteiger partial charge on any atom is -0.327 e. The third kappa shape index (κ3) is 4.26. The fraction of sp³-hybridized carbons (Fsp3) is 0.333. The number of hydrogen-bond donors (Lipinski definition) is 1. The van der Waals surface area contributed by atoms with Crippen molar-refractivity contribution in [3.8, 4) is 0 Å². The minimum atomic E-state index is 0.182. The lowest BCUT2D eigenvalue weighted by molar-refractivity contribution is 0.641. The zero-order chi connectivity index (χ0) is 15.4. The summed E-state index contributed by atoms with van der Waals surface area (Å²) in [6.07, 6.45) is 1.84. The Morgan fingerprint density at radius 3 is 2.62 bits per heavy atom. The lowest BCUT2D eigenvalue weighted by Crippen LogP contribution is -2.21. The first-order chi connectivity index (χ1) is 10.0. The summed E-state index contributed by atoms with van der Waals surface area (Å²) in [7, 11) is 0. The molecule has 0 aliphatic carbocycles. The average Bonchev–Trinajstić information content (AvgIpc) is 2.44. The second-order valence-electron chi connectivity index (χ2n) is 5.47. The van der Waals surface area contributed by atoms with Crippen molar-refractivity contribution >= 4 is 23.4 Å². The van der Waals surface area contributed by atoms with Crippen LogP contribution in [0.4, 0.5) is 0 Å². The number of halogens is 1. The first-order valence-electron chi connectivity index (χ1n) is 7.29. The van der Waals surface area contributed by atoms with Gasteiger partial charge in [0.2, 0.25) is 0 Å². The van der Waals surface area contributed by atoms with Crippen molar-refractivity contribution in [2.24, 2.45) is 5.73 Å². The Hall–Kier alpha value is -0.960. The van der Waals surface area contributed by atoms with Crippen LogP contribution in [0.2, 0.25) is 5.02 Å². The van der Waals surface area contributed by atoms with Gasteiger partial charge in [-0.15, -0.1) is 0 Å². The van der Waals surface area contributed by atoms with Gasteiger partial charge < -0.3 is 5.73 Å². The summed E-state index contributed by atoms with van der Waals surface area (Å²) in [4.78, 5) is 2.38. The molecule has 3 heteroatoms. The van der Waals surface area contributed by atoms with Crippen molar-refractivity contribution in [3.05, 3.63) is 58.1 Å². The molecule has 2 aromatic carbocycles. The van der Waals surface area contributed by atoms with E-state index >= 15 is 0 Å². The third-order valence-electron chi connectivity index (χ3n) is 3.60. The normalized spacial score (nSPS) is 12.4. The highest BCUT2D eigenvalue weighted by Gasteiger charge is 2.12. The molecule has 0 saturated heterocycles. The molecule has 0 aromatic heterocycles. The van der Waals surface area contributed by atoms with E-state index in [-0.39, 0.29) is 6.04 Å². The summed E-state index contributed by atoms with van der Waals surface area (Å²) >= 11 is 8.17. The fourth-order valence-corrected chi connectivity index (χ4v) is 3.61. The van der Waals surface area contributed by atoms with Crippen molar-refractivity contribution in [3.63, 3.8) is 0 Å². The molecule has 0 bridgehead atoms. The fourth-order valence-electron chi connectivity index (χ4n) is 2.28. The highest BCUT2D eigenvalue weighted by atomic mass is 35.5. The number of rotatable bonds is 5. The maximum atomic E-state index is 6.43. The first-order valence-corrected chi connectivity index (χ1v) is 8.48. The third-order valence-corrected chi connectivity index (χ3v) is 5.39. The van der Waals surface area contributed by atoms with E-state index in [1.165, 1.54) is 21.6 Å². The van der Waals surface area contributed by atoms with Gasteiger partial charge in [-0.05, 0) is 49.9 Å². The summed E-state index contributed by atoms with van der Waals surface area (Å²) in [5.74, 6) is 0. The van der Waals surface area contributed by atoms with Crippen LogP contribution in [0.15, 0.2) is 46.2 Å². The maximum Gasteiger partial charge on any atom is 0.0548 e. The van der Waals surface area contributed by atoms with Gasteiger partial charge in [-0.2, -0.15) is 0 Å². The molecule has 1 nitrogen and oxygen atoms in total. The second-order valence-corrected chi connectivity index (χ2v) is 6.93. The van der Waals surface area contributed by atoms with Gasteiger partial charge in [0, 0.05) is 15.8 Å². The molecule has 0 heterocycles. The van der Waals surface area contributed by atoms with E-state index in [9.17, 15) is 0 Å². The van der Waals surface area contributed by atoms with Gasteiger partial charge in [0.15, 0.2) is 0 Å². The molecular weight excluding hydrogens is 298 g/mol. The molecule has 2 N–H and O–H groups in total. The van der Waals surface area contributed by atoms with Crippen molar-refractivity contribution in [2.45, 2.75) is 49.4 Å². The van der Waals surface area contributed by atoms with Gasteiger partial charge in [0.25, 0.3) is 0 Å². The molecule has 0 spiro atoms. The van der Waals surface area contributed by atoms with Crippen LogP contribution in [0.1, 0.15) is 30.0 Å². The summed E-state index contributed by atoms with van der Waals surface area (Å²) in [5, 5.41) is 0.806. The van der Waals surface area contributed by atoms with Gasteiger partial charge in [0.05, 0.1) is 5.02 Å². The molecule has 2 aromatic rings. The summed E-state index contributed by atoms with van der Waals surface area (Å²) in [5.41, 5.74) is 9.92.